The Bertz CT molecular complexity index is 878. The second-order valence-electron chi connectivity index (χ2n) is 8.26. The van der Waals surface area contributed by atoms with Crippen molar-refractivity contribution >= 4 is 46.5 Å². The van der Waals surface area contributed by atoms with E-state index in [4.69, 9.17) is 33.8 Å². The van der Waals surface area contributed by atoms with E-state index in [1.165, 1.54) is 44.9 Å². The Hall–Kier alpha value is -2.12. The number of aromatic nitrogens is 2. The highest BCUT2D eigenvalue weighted by atomic mass is 35.5. The van der Waals surface area contributed by atoms with Crippen LogP contribution in [0.4, 0.5) is 17.6 Å². The maximum atomic E-state index is 6.26. The quantitative estimate of drug-likeness (QED) is 0.612. The first kappa shape index (κ1) is 22.1. The van der Waals surface area contributed by atoms with Crippen LogP contribution in [0.5, 0.6) is 0 Å². The molecule has 2 aromatic rings. The van der Waals surface area contributed by atoms with E-state index in [0.717, 1.165) is 48.4 Å². The largest absolute Gasteiger partial charge is 0.358 e. The molecule has 31 heavy (non-hydrogen) atoms. The maximum absolute atomic E-state index is 6.26. The number of rotatable bonds is 5. The minimum absolute atomic E-state index is 0.498. The van der Waals surface area contributed by atoms with Crippen molar-refractivity contribution < 1.29 is 0 Å². The maximum Gasteiger partial charge on any atom is 0.232 e. The SMILES string of the molecule is S=C(NCc1ccccc1Cl)Nc1nc(N2CCCCCC2)cc(N2CCCCC2)n1. The second-order valence-corrected chi connectivity index (χ2v) is 9.07. The van der Waals surface area contributed by atoms with E-state index >= 15 is 0 Å². The average Bonchev–Trinajstić information content (AvgIpc) is 3.09. The molecule has 0 bridgehead atoms. The van der Waals surface area contributed by atoms with E-state index < -0.39 is 0 Å². The number of benzene rings is 1. The summed E-state index contributed by atoms with van der Waals surface area (Å²) in [6, 6.07) is 9.92. The number of hydrogen-bond acceptors (Lipinski definition) is 5. The van der Waals surface area contributed by atoms with Gasteiger partial charge in [0.2, 0.25) is 5.95 Å². The van der Waals surface area contributed by atoms with Crippen molar-refractivity contribution in [2.24, 2.45) is 0 Å². The molecule has 0 unspecified atom stereocenters. The van der Waals surface area contributed by atoms with Crippen molar-refractivity contribution in [2.45, 2.75) is 51.5 Å². The first-order valence-corrected chi connectivity index (χ1v) is 12.1. The highest BCUT2D eigenvalue weighted by molar-refractivity contribution is 7.80. The molecule has 166 valence electrons. The molecule has 0 radical (unpaired) electrons. The zero-order chi connectivity index (χ0) is 21.5. The zero-order valence-electron chi connectivity index (χ0n) is 17.9. The van der Waals surface area contributed by atoms with Crippen LogP contribution in [-0.4, -0.2) is 41.3 Å². The first-order valence-electron chi connectivity index (χ1n) is 11.4. The fourth-order valence-corrected chi connectivity index (χ4v) is 4.55. The Morgan fingerprint density at radius 2 is 1.42 bits per heavy atom. The van der Waals surface area contributed by atoms with E-state index in [2.05, 4.69) is 26.5 Å². The Labute approximate surface area is 195 Å². The summed E-state index contributed by atoms with van der Waals surface area (Å²) in [6.07, 6.45) is 8.73. The van der Waals surface area contributed by atoms with Crippen LogP contribution in [0.15, 0.2) is 30.3 Å². The van der Waals surface area contributed by atoms with Crippen LogP contribution < -0.4 is 20.4 Å². The van der Waals surface area contributed by atoms with Gasteiger partial charge in [0.25, 0.3) is 0 Å². The molecule has 2 aliphatic rings. The highest BCUT2D eigenvalue weighted by Crippen LogP contribution is 2.26. The predicted molar refractivity (Wildman–Crippen MR) is 133 cm³/mol. The van der Waals surface area contributed by atoms with Crippen molar-refractivity contribution in [3.63, 3.8) is 0 Å². The molecule has 8 heteroatoms. The Morgan fingerprint density at radius 3 is 2.00 bits per heavy atom. The van der Waals surface area contributed by atoms with E-state index in [0.29, 0.717) is 17.6 Å². The third-order valence-corrected chi connectivity index (χ3v) is 6.55. The van der Waals surface area contributed by atoms with Crippen LogP contribution in [0.2, 0.25) is 5.02 Å². The molecule has 2 saturated heterocycles. The summed E-state index contributed by atoms with van der Waals surface area (Å²) in [5.74, 6) is 2.54. The average molecular weight is 459 g/mol. The summed E-state index contributed by atoms with van der Waals surface area (Å²) >= 11 is 11.8. The highest BCUT2D eigenvalue weighted by Gasteiger charge is 2.18. The number of anilines is 3. The van der Waals surface area contributed by atoms with Crippen LogP contribution in [0.3, 0.4) is 0 Å². The monoisotopic (exact) mass is 458 g/mol. The second kappa shape index (κ2) is 11.0. The molecular formula is C23H31ClN6S. The van der Waals surface area contributed by atoms with Gasteiger partial charge in [0.15, 0.2) is 5.11 Å². The van der Waals surface area contributed by atoms with E-state index in [1.807, 2.05) is 24.3 Å². The third kappa shape index (κ3) is 6.20. The molecule has 0 aliphatic carbocycles. The summed E-state index contributed by atoms with van der Waals surface area (Å²) in [6.45, 7) is 4.74. The van der Waals surface area contributed by atoms with Crippen molar-refractivity contribution in [1.82, 2.24) is 15.3 Å². The smallest absolute Gasteiger partial charge is 0.232 e. The Balaban J connectivity index is 1.50. The van der Waals surface area contributed by atoms with Gasteiger partial charge < -0.3 is 20.4 Å². The van der Waals surface area contributed by atoms with Gasteiger partial charge in [-0.1, -0.05) is 42.6 Å². The molecule has 0 atom stereocenters. The van der Waals surface area contributed by atoms with Crippen LogP contribution >= 0.6 is 23.8 Å². The normalized spacial score (nSPS) is 17.2. The van der Waals surface area contributed by atoms with Gasteiger partial charge in [-0.05, 0) is 56.0 Å². The van der Waals surface area contributed by atoms with E-state index in [9.17, 15) is 0 Å². The van der Waals surface area contributed by atoms with Gasteiger partial charge in [-0.25, -0.2) is 0 Å². The summed E-state index contributed by atoms with van der Waals surface area (Å²) in [7, 11) is 0. The number of piperidine rings is 1. The van der Waals surface area contributed by atoms with Gasteiger partial charge in [0.05, 0.1) is 0 Å². The Kier molecular flexibility index (Phi) is 7.81. The molecule has 0 spiro atoms. The third-order valence-electron chi connectivity index (χ3n) is 5.93. The fourth-order valence-electron chi connectivity index (χ4n) is 4.19. The molecular weight excluding hydrogens is 428 g/mol. The number of halogens is 1. The van der Waals surface area contributed by atoms with Gasteiger partial charge in [-0.15, -0.1) is 0 Å². The van der Waals surface area contributed by atoms with Crippen molar-refractivity contribution in [3.8, 4) is 0 Å². The number of hydrogen-bond donors (Lipinski definition) is 2. The molecule has 1 aromatic carbocycles. The summed E-state index contributed by atoms with van der Waals surface area (Å²) in [5, 5.41) is 7.66. The summed E-state index contributed by atoms with van der Waals surface area (Å²) < 4.78 is 0. The van der Waals surface area contributed by atoms with Gasteiger partial charge in [0.1, 0.15) is 11.6 Å². The Morgan fingerprint density at radius 1 is 0.871 bits per heavy atom. The number of nitrogens with zero attached hydrogens (tertiary/aromatic N) is 4. The predicted octanol–water partition coefficient (Wildman–Crippen LogP) is 4.99. The minimum atomic E-state index is 0.498. The summed E-state index contributed by atoms with van der Waals surface area (Å²) in [4.78, 5) is 14.4. The molecule has 4 rings (SSSR count). The lowest BCUT2D eigenvalue weighted by Crippen LogP contribution is -2.33. The van der Waals surface area contributed by atoms with E-state index in [-0.39, 0.29) is 0 Å². The van der Waals surface area contributed by atoms with Crippen LogP contribution in [0, 0.1) is 0 Å². The molecule has 0 amide bonds. The van der Waals surface area contributed by atoms with Crippen molar-refractivity contribution in [3.05, 3.63) is 40.9 Å². The number of nitrogens with one attached hydrogen (secondary N) is 2. The van der Waals surface area contributed by atoms with Crippen LogP contribution in [0.1, 0.15) is 50.5 Å². The van der Waals surface area contributed by atoms with Gasteiger partial charge in [-0.2, -0.15) is 9.97 Å². The van der Waals surface area contributed by atoms with Crippen LogP contribution in [-0.2, 0) is 6.54 Å². The van der Waals surface area contributed by atoms with Gasteiger partial charge in [-0.3, -0.25) is 0 Å². The molecule has 1 aromatic heterocycles. The standard InChI is InChI=1S/C23H31ClN6S/c24-19-11-5-4-10-18(19)17-25-23(31)28-22-26-20(29-12-6-1-2-7-13-29)16-21(27-22)30-14-8-3-9-15-30/h4-5,10-11,16H,1-3,6-9,12-15,17H2,(H2,25,26,27,28,31). The van der Waals surface area contributed by atoms with Gasteiger partial charge >= 0.3 is 0 Å². The lowest BCUT2D eigenvalue weighted by Gasteiger charge is -2.29. The zero-order valence-corrected chi connectivity index (χ0v) is 19.5. The molecule has 0 saturated carbocycles. The van der Waals surface area contributed by atoms with Crippen molar-refractivity contribution in [2.75, 3.05) is 41.3 Å². The molecule has 6 nitrogen and oxygen atoms in total. The van der Waals surface area contributed by atoms with Crippen molar-refractivity contribution in [1.29, 1.82) is 0 Å². The fraction of sp³-hybridized carbons (Fsp3) is 0.522. The van der Waals surface area contributed by atoms with E-state index in [1.54, 1.807) is 0 Å². The van der Waals surface area contributed by atoms with Crippen LogP contribution in [0.25, 0.3) is 0 Å². The molecule has 2 fully saturated rings. The first-order chi connectivity index (χ1) is 15.2. The van der Waals surface area contributed by atoms with Gasteiger partial charge in [0, 0.05) is 43.8 Å². The number of thiocarbonyl (C=S) groups is 1. The summed E-state index contributed by atoms with van der Waals surface area (Å²) in [5.41, 5.74) is 1.00. The molecule has 2 N–H and O–H groups in total. The minimum Gasteiger partial charge on any atom is -0.358 e. The lowest BCUT2D eigenvalue weighted by molar-refractivity contribution is 0.573. The topological polar surface area (TPSA) is 56.3 Å². The lowest BCUT2D eigenvalue weighted by atomic mass is 10.1. The molecule has 2 aliphatic heterocycles. The molecule has 3 heterocycles.